The maximum Gasteiger partial charge on any atom is 0.322 e. The lowest BCUT2D eigenvalue weighted by Crippen LogP contribution is -2.34. The zero-order valence-electron chi connectivity index (χ0n) is 14.1. The third-order valence-electron chi connectivity index (χ3n) is 4.96. The van der Waals surface area contributed by atoms with Gasteiger partial charge in [0.25, 0.3) is 0 Å². The maximum absolute atomic E-state index is 12.7. The molecule has 0 radical (unpaired) electrons. The van der Waals surface area contributed by atoms with Crippen molar-refractivity contribution in [2.75, 3.05) is 11.9 Å². The van der Waals surface area contributed by atoms with E-state index in [1.165, 1.54) is 5.56 Å². The maximum atomic E-state index is 12.7. The van der Waals surface area contributed by atoms with Crippen LogP contribution in [0.3, 0.4) is 0 Å². The number of aromatic nitrogens is 2. The van der Waals surface area contributed by atoms with E-state index in [1.807, 2.05) is 25.1 Å². The summed E-state index contributed by atoms with van der Waals surface area (Å²) in [5.74, 6) is 1.83. The van der Waals surface area contributed by atoms with Crippen LogP contribution in [0.1, 0.15) is 60.5 Å². The highest BCUT2D eigenvalue weighted by Crippen LogP contribution is 2.39. The van der Waals surface area contributed by atoms with Gasteiger partial charge < -0.3 is 14.7 Å². The Morgan fingerprint density at radius 2 is 2.08 bits per heavy atom. The summed E-state index contributed by atoms with van der Waals surface area (Å²) >= 11 is 0. The first-order valence-electron chi connectivity index (χ1n) is 8.60. The number of hydrogen-bond acceptors (Lipinski definition) is 4. The van der Waals surface area contributed by atoms with Crippen molar-refractivity contribution >= 4 is 11.7 Å². The van der Waals surface area contributed by atoms with Gasteiger partial charge in [0.2, 0.25) is 5.89 Å². The number of benzene rings is 1. The van der Waals surface area contributed by atoms with E-state index in [4.69, 9.17) is 4.52 Å². The number of urea groups is 1. The Morgan fingerprint density at radius 1 is 1.25 bits per heavy atom. The second-order valence-corrected chi connectivity index (χ2v) is 6.85. The summed E-state index contributed by atoms with van der Waals surface area (Å²) in [5, 5.41) is 7.07. The van der Waals surface area contributed by atoms with Gasteiger partial charge in [-0.25, -0.2) is 4.79 Å². The van der Waals surface area contributed by atoms with E-state index in [2.05, 4.69) is 22.4 Å². The molecule has 0 spiro atoms. The van der Waals surface area contributed by atoms with Crippen LogP contribution in [0.4, 0.5) is 10.5 Å². The normalized spacial score (nSPS) is 20.4. The van der Waals surface area contributed by atoms with Crippen LogP contribution in [0.2, 0.25) is 0 Å². The van der Waals surface area contributed by atoms with E-state index in [0.717, 1.165) is 42.8 Å². The summed E-state index contributed by atoms with van der Waals surface area (Å²) in [6.45, 7) is 4.81. The second-order valence-electron chi connectivity index (χ2n) is 6.85. The number of amides is 2. The third-order valence-corrected chi connectivity index (χ3v) is 4.96. The SMILES string of the molecule is Cc1ccc(NC(=O)N2CCCC2c2nc(C3CC3)no2)cc1C. The number of hydrogen-bond donors (Lipinski definition) is 1. The largest absolute Gasteiger partial charge is 0.337 e. The van der Waals surface area contributed by atoms with E-state index in [-0.39, 0.29) is 12.1 Å². The molecule has 24 heavy (non-hydrogen) atoms. The van der Waals surface area contributed by atoms with Crippen molar-refractivity contribution in [2.45, 2.75) is 51.5 Å². The minimum Gasteiger partial charge on any atom is -0.337 e. The molecule has 6 heteroatoms. The Morgan fingerprint density at radius 3 is 2.83 bits per heavy atom. The summed E-state index contributed by atoms with van der Waals surface area (Å²) in [6.07, 6.45) is 4.10. The minimum absolute atomic E-state index is 0.105. The lowest BCUT2D eigenvalue weighted by atomic mass is 10.1. The number of anilines is 1. The number of nitrogens with zero attached hydrogens (tertiary/aromatic N) is 3. The van der Waals surface area contributed by atoms with Crippen molar-refractivity contribution in [2.24, 2.45) is 0 Å². The van der Waals surface area contributed by atoms with E-state index in [9.17, 15) is 4.79 Å². The second kappa shape index (κ2) is 5.92. The van der Waals surface area contributed by atoms with E-state index in [1.54, 1.807) is 4.90 Å². The van der Waals surface area contributed by atoms with Crippen LogP contribution >= 0.6 is 0 Å². The van der Waals surface area contributed by atoms with Gasteiger partial charge >= 0.3 is 6.03 Å². The molecule has 1 aromatic carbocycles. The van der Waals surface area contributed by atoms with E-state index >= 15 is 0 Å². The van der Waals surface area contributed by atoms with Crippen molar-refractivity contribution < 1.29 is 9.32 Å². The molecule has 0 bridgehead atoms. The number of carbonyl (C=O) groups excluding carboxylic acids is 1. The van der Waals surface area contributed by atoms with Crippen LogP contribution in [0.25, 0.3) is 0 Å². The van der Waals surface area contributed by atoms with Gasteiger partial charge in [0.15, 0.2) is 5.82 Å². The first kappa shape index (κ1) is 15.2. The van der Waals surface area contributed by atoms with Gasteiger partial charge in [-0.3, -0.25) is 0 Å². The predicted molar refractivity (Wildman–Crippen MR) is 89.9 cm³/mol. The molecule has 1 N–H and O–H groups in total. The number of carbonyl (C=O) groups is 1. The van der Waals surface area contributed by atoms with Crippen molar-refractivity contribution in [1.82, 2.24) is 15.0 Å². The first-order valence-corrected chi connectivity index (χ1v) is 8.60. The van der Waals surface area contributed by atoms with Crippen LogP contribution in [0.15, 0.2) is 22.7 Å². The fourth-order valence-electron chi connectivity index (χ4n) is 3.17. The van der Waals surface area contributed by atoms with Gasteiger partial charge in [0.05, 0.1) is 0 Å². The number of nitrogens with one attached hydrogen (secondary N) is 1. The molecule has 2 fully saturated rings. The molecule has 4 rings (SSSR count). The first-order chi connectivity index (χ1) is 11.6. The highest BCUT2D eigenvalue weighted by atomic mass is 16.5. The molecule has 1 atom stereocenters. The topological polar surface area (TPSA) is 71.3 Å². The molecule has 6 nitrogen and oxygen atoms in total. The standard InChI is InChI=1S/C18H22N4O2/c1-11-5-8-14(10-12(11)2)19-18(23)22-9-3-4-15(22)17-20-16(21-24-17)13-6-7-13/h5,8,10,13,15H,3-4,6-7,9H2,1-2H3,(H,19,23). The van der Waals surface area contributed by atoms with Crippen LogP contribution in [-0.4, -0.2) is 27.6 Å². The molecule has 2 aliphatic rings. The summed E-state index contributed by atoms with van der Waals surface area (Å²) in [5.41, 5.74) is 3.19. The molecular weight excluding hydrogens is 304 g/mol. The predicted octanol–water partition coefficient (Wildman–Crippen LogP) is 3.93. The van der Waals surface area contributed by atoms with Crippen LogP contribution in [0.5, 0.6) is 0 Å². The third kappa shape index (κ3) is 2.88. The molecule has 1 saturated heterocycles. The van der Waals surface area contributed by atoms with Gasteiger partial charge in [0, 0.05) is 18.2 Å². The zero-order valence-corrected chi connectivity index (χ0v) is 14.1. The number of likely N-dealkylation sites (tertiary alicyclic amines) is 1. The summed E-state index contributed by atoms with van der Waals surface area (Å²) in [4.78, 5) is 19.0. The summed E-state index contributed by atoms with van der Waals surface area (Å²) in [6, 6.07) is 5.73. The molecule has 126 valence electrons. The molecule has 1 aliphatic heterocycles. The average molecular weight is 326 g/mol. The quantitative estimate of drug-likeness (QED) is 0.927. The van der Waals surface area contributed by atoms with Gasteiger partial charge in [-0.15, -0.1) is 0 Å². The number of aryl methyl sites for hydroxylation is 2. The highest BCUT2D eigenvalue weighted by molar-refractivity contribution is 5.89. The smallest absolute Gasteiger partial charge is 0.322 e. The van der Waals surface area contributed by atoms with E-state index < -0.39 is 0 Å². The fourth-order valence-corrected chi connectivity index (χ4v) is 3.17. The van der Waals surface area contributed by atoms with Gasteiger partial charge in [-0.05, 0) is 62.8 Å². The van der Waals surface area contributed by atoms with E-state index in [0.29, 0.717) is 18.4 Å². The van der Waals surface area contributed by atoms with Gasteiger partial charge in [-0.1, -0.05) is 11.2 Å². The molecule has 1 aromatic heterocycles. The minimum atomic E-state index is -0.114. The van der Waals surface area contributed by atoms with Gasteiger partial charge in [-0.2, -0.15) is 4.98 Å². The van der Waals surface area contributed by atoms with Crippen molar-refractivity contribution in [3.8, 4) is 0 Å². The highest BCUT2D eigenvalue weighted by Gasteiger charge is 2.36. The monoisotopic (exact) mass is 326 g/mol. The average Bonchev–Trinajstić information content (AvgIpc) is 3.11. The molecule has 1 aliphatic carbocycles. The van der Waals surface area contributed by atoms with Crippen molar-refractivity contribution in [1.29, 1.82) is 0 Å². The fraction of sp³-hybridized carbons (Fsp3) is 0.500. The Hall–Kier alpha value is -2.37. The van der Waals surface area contributed by atoms with Crippen molar-refractivity contribution in [3.63, 3.8) is 0 Å². The lowest BCUT2D eigenvalue weighted by Gasteiger charge is -2.22. The van der Waals surface area contributed by atoms with Crippen molar-refractivity contribution in [3.05, 3.63) is 41.0 Å². The van der Waals surface area contributed by atoms with Crippen LogP contribution < -0.4 is 5.32 Å². The molecule has 2 amide bonds. The molecule has 2 heterocycles. The van der Waals surface area contributed by atoms with Crippen LogP contribution in [-0.2, 0) is 0 Å². The summed E-state index contributed by atoms with van der Waals surface area (Å²) in [7, 11) is 0. The Kier molecular flexibility index (Phi) is 3.75. The van der Waals surface area contributed by atoms with Crippen LogP contribution in [0, 0.1) is 13.8 Å². The summed E-state index contributed by atoms with van der Waals surface area (Å²) < 4.78 is 5.43. The lowest BCUT2D eigenvalue weighted by molar-refractivity contribution is 0.193. The molecule has 1 saturated carbocycles. The Bertz CT molecular complexity index is 766. The van der Waals surface area contributed by atoms with Gasteiger partial charge in [0.1, 0.15) is 6.04 Å². The molecule has 2 aromatic rings. The Labute approximate surface area is 141 Å². The Balaban J connectivity index is 1.48. The number of rotatable bonds is 3. The zero-order chi connectivity index (χ0) is 16.7. The molecule has 1 unspecified atom stereocenters. The molecular formula is C18H22N4O2.